The zero-order chi connectivity index (χ0) is 19.7. The maximum atomic E-state index is 13.5. The van der Waals surface area contributed by atoms with E-state index in [1.807, 2.05) is 26.0 Å². The lowest BCUT2D eigenvalue weighted by molar-refractivity contribution is 0.476. The molecular weight excluding hydrogens is 379 g/mol. The number of thioether (sulfide) groups is 1. The summed E-state index contributed by atoms with van der Waals surface area (Å²) in [5, 5.41) is 4.99. The van der Waals surface area contributed by atoms with Crippen LogP contribution in [0.3, 0.4) is 0 Å². The molecule has 1 aromatic carbocycles. The Morgan fingerprint density at radius 2 is 2.11 bits per heavy atom. The van der Waals surface area contributed by atoms with Crippen LogP contribution in [0.2, 0.25) is 0 Å². The molecule has 0 unspecified atom stereocenters. The van der Waals surface area contributed by atoms with Gasteiger partial charge in [0.25, 0.3) is 5.56 Å². The molecule has 0 bridgehead atoms. The van der Waals surface area contributed by atoms with E-state index in [9.17, 15) is 9.18 Å². The Kier molecular flexibility index (Phi) is 5.04. The number of hydrogen-bond acceptors (Lipinski definition) is 5. The lowest BCUT2D eigenvalue weighted by Crippen LogP contribution is -2.25. The lowest BCUT2D eigenvalue weighted by Gasteiger charge is -2.11. The normalized spacial score (nSPS) is 11.4. The third-order valence-corrected chi connectivity index (χ3v) is 5.48. The molecule has 0 atom stereocenters. The van der Waals surface area contributed by atoms with Crippen molar-refractivity contribution in [2.24, 2.45) is 0 Å². The molecule has 8 heteroatoms. The summed E-state index contributed by atoms with van der Waals surface area (Å²) in [4.78, 5) is 18.0. The van der Waals surface area contributed by atoms with Crippen molar-refractivity contribution in [3.05, 3.63) is 75.9 Å². The molecule has 0 saturated carbocycles. The average molecular weight is 398 g/mol. The van der Waals surface area contributed by atoms with Crippen LogP contribution in [-0.4, -0.2) is 19.3 Å². The molecule has 0 N–H and O–H groups in total. The quantitative estimate of drug-likeness (QED) is 0.363. The fourth-order valence-electron chi connectivity index (χ4n) is 3.10. The van der Waals surface area contributed by atoms with Crippen LogP contribution in [0, 0.1) is 12.7 Å². The highest BCUT2D eigenvalue weighted by atomic mass is 32.2. The van der Waals surface area contributed by atoms with Gasteiger partial charge in [0.2, 0.25) is 0 Å². The van der Waals surface area contributed by atoms with Crippen LogP contribution in [0.15, 0.2) is 57.0 Å². The van der Waals surface area contributed by atoms with E-state index in [0.717, 1.165) is 5.56 Å². The van der Waals surface area contributed by atoms with Gasteiger partial charge in [0.1, 0.15) is 17.1 Å². The summed E-state index contributed by atoms with van der Waals surface area (Å²) < 4.78 is 22.2. The van der Waals surface area contributed by atoms with Gasteiger partial charge in [-0.3, -0.25) is 14.0 Å². The van der Waals surface area contributed by atoms with E-state index >= 15 is 0 Å². The molecule has 0 radical (unpaired) electrons. The Labute approximate surface area is 165 Å². The van der Waals surface area contributed by atoms with E-state index in [2.05, 4.69) is 5.10 Å². The second-order valence-corrected chi connectivity index (χ2v) is 7.32. The summed E-state index contributed by atoms with van der Waals surface area (Å²) >= 11 is 1.39. The molecule has 3 heterocycles. The maximum absolute atomic E-state index is 13.5. The molecule has 0 aliphatic carbocycles. The number of benzene rings is 1. The van der Waals surface area contributed by atoms with Gasteiger partial charge in [-0.25, -0.2) is 9.37 Å². The standard InChI is InChI=1S/C20H19FN4O2S/c1-3-25-18-17(13(2)23-25)22-20(28-12-14-6-4-7-15(21)10-14)24(19(18)26)11-16-8-5-9-27-16/h4-10H,3,11-12H2,1-2H3. The summed E-state index contributed by atoms with van der Waals surface area (Å²) in [6.45, 7) is 4.64. The van der Waals surface area contributed by atoms with Crippen molar-refractivity contribution in [2.45, 2.75) is 37.8 Å². The minimum atomic E-state index is -0.283. The van der Waals surface area contributed by atoms with Gasteiger partial charge in [-0.2, -0.15) is 5.10 Å². The Morgan fingerprint density at radius 3 is 2.82 bits per heavy atom. The van der Waals surface area contributed by atoms with E-state index in [1.165, 1.54) is 23.9 Å². The first kappa shape index (κ1) is 18.5. The van der Waals surface area contributed by atoms with E-state index in [-0.39, 0.29) is 17.9 Å². The van der Waals surface area contributed by atoms with Crippen LogP contribution in [0.4, 0.5) is 4.39 Å². The molecule has 0 saturated heterocycles. The summed E-state index contributed by atoms with van der Waals surface area (Å²) in [7, 11) is 0. The van der Waals surface area contributed by atoms with Crippen molar-refractivity contribution in [3.8, 4) is 0 Å². The van der Waals surface area contributed by atoms with Crippen molar-refractivity contribution in [1.29, 1.82) is 0 Å². The number of fused-ring (bicyclic) bond motifs is 1. The van der Waals surface area contributed by atoms with Crippen molar-refractivity contribution in [1.82, 2.24) is 19.3 Å². The molecule has 0 aliphatic rings. The molecule has 4 rings (SSSR count). The lowest BCUT2D eigenvalue weighted by atomic mass is 10.2. The Morgan fingerprint density at radius 1 is 1.25 bits per heavy atom. The average Bonchev–Trinajstić information content (AvgIpc) is 3.30. The van der Waals surface area contributed by atoms with Gasteiger partial charge in [0.15, 0.2) is 10.7 Å². The van der Waals surface area contributed by atoms with E-state index in [4.69, 9.17) is 9.40 Å². The molecule has 0 spiro atoms. The predicted octanol–water partition coefficient (Wildman–Crippen LogP) is 3.99. The number of nitrogens with zero attached hydrogens (tertiary/aromatic N) is 4. The van der Waals surface area contributed by atoms with Gasteiger partial charge in [-0.15, -0.1) is 0 Å². The third-order valence-electron chi connectivity index (χ3n) is 4.43. The van der Waals surface area contributed by atoms with E-state index in [0.29, 0.717) is 39.9 Å². The Bertz CT molecular complexity index is 1180. The van der Waals surface area contributed by atoms with Gasteiger partial charge in [0.05, 0.1) is 18.5 Å². The summed E-state index contributed by atoms with van der Waals surface area (Å²) in [6, 6.07) is 10.0. The fraction of sp³-hybridized carbons (Fsp3) is 0.250. The number of halogens is 1. The SMILES string of the molecule is CCn1nc(C)c2nc(SCc3cccc(F)c3)n(Cc3ccco3)c(=O)c21. The second kappa shape index (κ2) is 7.63. The molecule has 28 heavy (non-hydrogen) atoms. The summed E-state index contributed by atoms with van der Waals surface area (Å²) in [6.07, 6.45) is 1.58. The Hall–Kier alpha value is -2.87. The molecule has 4 aromatic rings. The van der Waals surface area contributed by atoms with Crippen LogP contribution in [0.5, 0.6) is 0 Å². The van der Waals surface area contributed by atoms with E-state index in [1.54, 1.807) is 27.6 Å². The van der Waals surface area contributed by atoms with Gasteiger partial charge in [-0.1, -0.05) is 23.9 Å². The number of hydrogen-bond donors (Lipinski definition) is 0. The van der Waals surface area contributed by atoms with Gasteiger partial charge in [0, 0.05) is 12.3 Å². The van der Waals surface area contributed by atoms with Gasteiger partial charge in [-0.05, 0) is 43.7 Å². The molecule has 6 nitrogen and oxygen atoms in total. The molecule has 0 aliphatic heterocycles. The minimum Gasteiger partial charge on any atom is -0.467 e. The monoisotopic (exact) mass is 398 g/mol. The zero-order valence-corrected chi connectivity index (χ0v) is 16.4. The smallest absolute Gasteiger partial charge is 0.280 e. The Balaban J connectivity index is 1.80. The van der Waals surface area contributed by atoms with Gasteiger partial charge >= 0.3 is 0 Å². The van der Waals surface area contributed by atoms with Crippen molar-refractivity contribution < 1.29 is 8.81 Å². The molecule has 144 valence electrons. The van der Waals surface area contributed by atoms with Crippen molar-refractivity contribution in [2.75, 3.05) is 0 Å². The molecule has 3 aromatic heterocycles. The van der Waals surface area contributed by atoms with Crippen LogP contribution in [-0.2, 0) is 18.8 Å². The highest BCUT2D eigenvalue weighted by Crippen LogP contribution is 2.24. The van der Waals surface area contributed by atoms with Crippen molar-refractivity contribution >= 4 is 22.8 Å². The number of furan rings is 1. The maximum Gasteiger partial charge on any atom is 0.280 e. The number of aryl methyl sites for hydroxylation is 2. The van der Waals surface area contributed by atoms with Crippen LogP contribution in [0.25, 0.3) is 11.0 Å². The third kappa shape index (κ3) is 3.47. The van der Waals surface area contributed by atoms with Crippen molar-refractivity contribution in [3.63, 3.8) is 0 Å². The highest BCUT2D eigenvalue weighted by molar-refractivity contribution is 7.98. The van der Waals surface area contributed by atoms with Crippen LogP contribution >= 0.6 is 11.8 Å². The fourth-order valence-corrected chi connectivity index (χ4v) is 4.03. The van der Waals surface area contributed by atoms with Crippen LogP contribution < -0.4 is 5.56 Å². The molecule has 0 amide bonds. The molecule has 0 fully saturated rings. The van der Waals surface area contributed by atoms with Crippen LogP contribution in [0.1, 0.15) is 23.9 Å². The largest absolute Gasteiger partial charge is 0.467 e. The highest BCUT2D eigenvalue weighted by Gasteiger charge is 2.19. The first-order valence-corrected chi connectivity index (χ1v) is 9.93. The minimum absolute atomic E-state index is 0.161. The first-order chi connectivity index (χ1) is 13.6. The first-order valence-electron chi connectivity index (χ1n) is 8.94. The predicted molar refractivity (Wildman–Crippen MR) is 106 cm³/mol. The van der Waals surface area contributed by atoms with E-state index < -0.39 is 0 Å². The zero-order valence-electron chi connectivity index (χ0n) is 15.6. The second-order valence-electron chi connectivity index (χ2n) is 6.38. The molecular formula is C20H19FN4O2S. The topological polar surface area (TPSA) is 65.8 Å². The summed E-state index contributed by atoms with van der Waals surface area (Å²) in [5.74, 6) is 0.874. The number of aromatic nitrogens is 4. The van der Waals surface area contributed by atoms with Gasteiger partial charge < -0.3 is 4.42 Å². The summed E-state index contributed by atoms with van der Waals surface area (Å²) in [5.41, 5.74) is 2.47. The number of rotatable bonds is 6.